The van der Waals surface area contributed by atoms with Gasteiger partial charge < -0.3 is 5.11 Å². The molecule has 0 fully saturated rings. The summed E-state index contributed by atoms with van der Waals surface area (Å²) < 4.78 is 0. The van der Waals surface area contributed by atoms with E-state index in [0.29, 0.717) is 6.42 Å². The maximum atomic E-state index is 11.4. The molecule has 0 aromatic carbocycles. The smallest absolute Gasteiger partial charge is 0.156 e. The van der Waals surface area contributed by atoms with Crippen LogP contribution in [0.25, 0.3) is 0 Å². The van der Waals surface area contributed by atoms with Gasteiger partial charge in [-0.3, -0.25) is 9.59 Å². The summed E-state index contributed by atoms with van der Waals surface area (Å²) in [4.78, 5) is 22.3. The zero-order valence-corrected chi connectivity index (χ0v) is 11.4. The van der Waals surface area contributed by atoms with E-state index in [-0.39, 0.29) is 11.6 Å². The minimum absolute atomic E-state index is 0.0223. The van der Waals surface area contributed by atoms with E-state index in [1.54, 1.807) is 19.1 Å². The summed E-state index contributed by atoms with van der Waals surface area (Å²) in [5, 5.41) is 10.6. The van der Waals surface area contributed by atoms with Gasteiger partial charge in [0.25, 0.3) is 0 Å². The fraction of sp³-hybridized carbons (Fsp3) is 0.467. The molecule has 0 spiro atoms. The first-order valence-corrected chi connectivity index (χ1v) is 5.99. The highest BCUT2D eigenvalue weighted by atomic mass is 16.3. The van der Waals surface area contributed by atoms with Crippen LogP contribution in [0.1, 0.15) is 34.1 Å². The largest absolute Gasteiger partial charge is 0.381 e. The Balaban J connectivity index is 3.01. The van der Waals surface area contributed by atoms with Crippen molar-refractivity contribution < 1.29 is 14.7 Å². The summed E-state index contributed by atoms with van der Waals surface area (Å²) >= 11 is 0. The van der Waals surface area contributed by atoms with Crippen LogP contribution in [0, 0.1) is 5.41 Å². The van der Waals surface area contributed by atoms with Crippen molar-refractivity contribution in [1.82, 2.24) is 0 Å². The molecule has 3 nitrogen and oxygen atoms in total. The molecule has 0 amide bonds. The summed E-state index contributed by atoms with van der Waals surface area (Å²) in [7, 11) is 0. The van der Waals surface area contributed by atoms with E-state index >= 15 is 0 Å². The van der Waals surface area contributed by atoms with Crippen molar-refractivity contribution in [3.8, 4) is 0 Å². The molecule has 1 atom stereocenters. The molecule has 0 radical (unpaired) electrons. The molecule has 3 heteroatoms. The Kier molecular flexibility index (Phi) is 4.07. The number of ketones is 2. The highest BCUT2D eigenvalue weighted by Crippen LogP contribution is 2.40. The third-order valence-electron chi connectivity index (χ3n) is 3.25. The Morgan fingerprint density at radius 1 is 1.39 bits per heavy atom. The molecule has 1 N–H and O–H groups in total. The molecule has 0 aliphatic heterocycles. The Morgan fingerprint density at radius 2 is 2.00 bits per heavy atom. The minimum Gasteiger partial charge on any atom is -0.381 e. The van der Waals surface area contributed by atoms with Crippen molar-refractivity contribution in [2.45, 2.75) is 39.7 Å². The number of carbonyl (C=O) groups is 2. The number of hydrogen-bond donors (Lipinski definition) is 1. The van der Waals surface area contributed by atoms with Gasteiger partial charge in [-0.25, -0.2) is 0 Å². The van der Waals surface area contributed by atoms with E-state index in [4.69, 9.17) is 0 Å². The van der Waals surface area contributed by atoms with Crippen LogP contribution in [-0.2, 0) is 9.59 Å². The fourth-order valence-corrected chi connectivity index (χ4v) is 1.99. The average Bonchev–Trinajstić information content (AvgIpc) is 2.20. The molecule has 0 saturated heterocycles. The number of hydrogen-bond acceptors (Lipinski definition) is 3. The van der Waals surface area contributed by atoms with E-state index in [1.165, 1.54) is 25.2 Å². The van der Waals surface area contributed by atoms with Crippen LogP contribution in [0.2, 0.25) is 0 Å². The van der Waals surface area contributed by atoms with Gasteiger partial charge in [0.1, 0.15) is 5.60 Å². The Labute approximate surface area is 108 Å². The summed E-state index contributed by atoms with van der Waals surface area (Å²) in [6.45, 7) is 6.98. The first-order valence-electron chi connectivity index (χ1n) is 5.99. The van der Waals surface area contributed by atoms with Gasteiger partial charge in [0.15, 0.2) is 11.6 Å². The van der Waals surface area contributed by atoms with Crippen molar-refractivity contribution in [2.24, 2.45) is 5.41 Å². The monoisotopic (exact) mass is 248 g/mol. The second kappa shape index (κ2) is 5.02. The highest BCUT2D eigenvalue weighted by Gasteiger charge is 2.43. The second-order valence-corrected chi connectivity index (χ2v) is 5.52. The topological polar surface area (TPSA) is 54.4 Å². The van der Waals surface area contributed by atoms with Crippen molar-refractivity contribution in [3.05, 3.63) is 36.0 Å². The molecule has 0 saturated carbocycles. The fourth-order valence-electron chi connectivity index (χ4n) is 1.99. The predicted octanol–water partition coefficient (Wildman–Crippen LogP) is 2.36. The Hall–Kier alpha value is -1.48. The van der Waals surface area contributed by atoms with Crippen molar-refractivity contribution in [3.63, 3.8) is 0 Å². The van der Waals surface area contributed by atoms with Crippen molar-refractivity contribution in [2.75, 3.05) is 0 Å². The number of carbonyl (C=O) groups excluding carboxylic acids is 2. The van der Waals surface area contributed by atoms with Crippen LogP contribution in [0.3, 0.4) is 0 Å². The lowest BCUT2D eigenvalue weighted by Gasteiger charge is -2.40. The van der Waals surface area contributed by atoms with Gasteiger partial charge in [-0.15, -0.1) is 0 Å². The molecule has 1 rings (SSSR count). The van der Waals surface area contributed by atoms with Crippen LogP contribution in [0.15, 0.2) is 36.0 Å². The van der Waals surface area contributed by atoms with Gasteiger partial charge in [-0.05, 0) is 43.7 Å². The van der Waals surface area contributed by atoms with Gasteiger partial charge in [-0.1, -0.05) is 19.9 Å². The number of allylic oxidation sites excluding steroid dienone is 4. The number of aliphatic hydroxyl groups is 1. The summed E-state index contributed by atoms with van der Waals surface area (Å²) in [6, 6.07) is 0. The van der Waals surface area contributed by atoms with E-state index < -0.39 is 11.0 Å². The zero-order chi connectivity index (χ0) is 14.0. The zero-order valence-electron chi connectivity index (χ0n) is 11.4. The third-order valence-corrected chi connectivity index (χ3v) is 3.25. The maximum absolute atomic E-state index is 11.4. The van der Waals surface area contributed by atoms with Crippen LogP contribution in [-0.4, -0.2) is 22.3 Å². The van der Waals surface area contributed by atoms with Gasteiger partial charge >= 0.3 is 0 Å². The number of rotatable bonds is 3. The maximum Gasteiger partial charge on any atom is 0.156 e. The second-order valence-electron chi connectivity index (χ2n) is 5.52. The van der Waals surface area contributed by atoms with Crippen molar-refractivity contribution in [1.29, 1.82) is 0 Å². The molecule has 0 heterocycles. The SMILES string of the molecule is CC(=O)/C=C(C)\C=C\C1(O)C=CC(=O)CC1(C)C. The van der Waals surface area contributed by atoms with Gasteiger partial charge in [-0.2, -0.15) is 0 Å². The van der Waals surface area contributed by atoms with Gasteiger partial charge in [0.2, 0.25) is 0 Å². The van der Waals surface area contributed by atoms with Crippen molar-refractivity contribution >= 4 is 11.6 Å². The van der Waals surface area contributed by atoms with E-state index in [1.807, 2.05) is 13.8 Å². The standard InChI is InChI=1S/C15H20O3/c1-11(9-12(2)16)5-7-15(18)8-6-13(17)10-14(15,3)4/h5-9,18H,10H2,1-4H3/b7-5+,11-9-. The summed E-state index contributed by atoms with van der Waals surface area (Å²) in [6.07, 6.45) is 8.11. The quantitative estimate of drug-likeness (QED) is 0.616. The molecule has 1 aliphatic carbocycles. The predicted molar refractivity (Wildman–Crippen MR) is 71.1 cm³/mol. The van der Waals surface area contributed by atoms with Gasteiger partial charge in [0.05, 0.1) is 0 Å². The molecule has 18 heavy (non-hydrogen) atoms. The van der Waals surface area contributed by atoms with Crippen LogP contribution in [0.5, 0.6) is 0 Å². The molecular formula is C15H20O3. The Bertz CT molecular complexity index is 452. The molecule has 1 unspecified atom stereocenters. The molecule has 0 aromatic rings. The molecule has 98 valence electrons. The summed E-state index contributed by atoms with van der Waals surface area (Å²) in [5.74, 6) is -0.00756. The molecule has 0 aromatic heterocycles. The highest BCUT2D eigenvalue weighted by molar-refractivity contribution is 5.92. The molecular weight excluding hydrogens is 228 g/mol. The third kappa shape index (κ3) is 3.26. The average molecular weight is 248 g/mol. The lowest BCUT2D eigenvalue weighted by molar-refractivity contribution is -0.120. The minimum atomic E-state index is -1.16. The lowest BCUT2D eigenvalue weighted by Crippen LogP contribution is -2.45. The van der Waals surface area contributed by atoms with Crippen LogP contribution >= 0.6 is 0 Å². The van der Waals surface area contributed by atoms with Crippen LogP contribution in [0.4, 0.5) is 0 Å². The van der Waals surface area contributed by atoms with E-state index in [0.717, 1.165) is 5.57 Å². The van der Waals surface area contributed by atoms with E-state index in [2.05, 4.69) is 0 Å². The van der Waals surface area contributed by atoms with E-state index in [9.17, 15) is 14.7 Å². The summed E-state index contributed by atoms with van der Waals surface area (Å²) in [5.41, 5.74) is -0.935. The first-order chi connectivity index (χ1) is 8.16. The molecule has 0 bridgehead atoms. The van der Waals surface area contributed by atoms with Gasteiger partial charge in [0, 0.05) is 11.8 Å². The molecule has 1 aliphatic rings. The lowest BCUT2D eigenvalue weighted by atomic mass is 9.68. The Morgan fingerprint density at radius 3 is 2.50 bits per heavy atom. The first kappa shape index (κ1) is 14.6. The van der Waals surface area contributed by atoms with Crippen LogP contribution < -0.4 is 0 Å². The normalized spacial score (nSPS) is 27.8.